The first kappa shape index (κ1) is 14.6. The lowest BCUT2D eigenvalue weighted by molar-refractivity contribution is 0.0527. The number of carbonyl (C=O) groups excluding carboxylic acids is 1. The van der Waals surface area contributed by atoms with Crippen LogP contribution < -0.4 is 4.90 Å². The van der Waals surface area contributed by atoms with E-state index in [0.717, 1.165) is 33.9 Å². The van der Waals surface area contributed by atoms with Crippen LogP contribution in [0.3, 0.4) is 0 Å². The first-order chi connectivity index (χ1) is 11.7. The molecule has 6 heteroatoms. The fourth-order valence-corrected chi connectivity index (χ4v) is 3.12. The number of para-hydroxylation sites is 1. The molecule has 0 unspecified atom stereocenters. The van der Waals surface area contributed by atoms with Gasteiger partial charge in [0.25, 0.3) is 0 Å². The van der Waals surface area contributed by atoms with E-state index >= 15 is 0 Å². The fourth-order valence-electron chi connectivity index (χ4n) is 3.12. The van der Waals surface area contributed by atoms with Gasteiger partial charge < -0.3 is 9.64 Å². The molecule has 0 radical (unpaired) electrons. The Morgan fingerprint density at radius 1 is 1.38 bits per heavy atom. The number of nitrogens with zero attached hydrogens (tertiary/aromatic N) is 4. The Kier molecular flexibility index (Phi) is 3.37. The summed E-state index contributed by atoms with van der Waals surface area (Å²) in [5.41, 5.74) is 5.80. The maximum absolute atomic E-state index is 12.5. The molecule has 3 heterocycles. The molecule has 2 aliphatic heterocycles. The molecule has 6 nitrogen and oxygen atoms in total. The highest BCUT2D eigenvalue weighted by molar-refractivity contribution is 6.12. The van der Waals surface area contributed by atoms with Crippen LogP contribution in [0.25, 0.3) is 17.3 Å². The Bertz CT molecular complexity index is 902. The molecule has 4 rings (SSSR count). The minimum absolute atomic E-state index is 0.333. The molecule has 1 aromatic heterocycles. The quantitative estimate of drug-likeness (QED) is 0.796. The van der Waals surface area contributed by atoms with E-state index in [4.69, 9.17) is 4.74 Å². The second-order valence-corrected chi connectivity index (χ2v) is 5.59. The van der Waals surface area contributed by atoms with Gasteiger partial charge in [-0.1, -0.05) is 12.1 Å². The molecule has 0 amide bonds. The van der Waals surface area contributed by atoms with E-state index in [-0.39, 0.29) is 5.97 Å². The SMILES string of the molecule is CCOC(=O)c1cccc2c1N1CN=C(C)C1=Cc1cncnc1-2. The molecule has 0 saturated heterocycles. The molecular formula is C18H16N4O2. The number of esters is 1. The molecule has 0 aliphatic carbocycles. The van der Waals surface area contributed by atoms with Crippen LogP contribution in [0, 0.1) is 0 Å². The molecule has 0 fully saturated rings. The molecular weight excluding hydrogens is 304 g/mol. The van der Waals surface area contributed by atoms with E-state index in [1.165, 1.54) is 6.33 Å². The van der Waals surface area contributed by atoms with Gasteiger partial charge in [-0.15, -0.1) is 0 Å². The van der Waals surface area contributed by atoms with Gasteiger partial charge in [0.15, 0.2) is 0 Å². The summed E-state index contributed by atoms with van der Waals surface area (Å²) in [7, 11) is 0. The molecule has 0 bridgehead atoms. The standard InChI is InChI=1S/C18H16N4O2/c1-3-24-18(23)14-6-4-5-13-16-12(8-19-9-20-16)7-15-11(2)21-10-22(15)17(13)14/h4-9H,3,10H2,1-2H3. The van der Waals surface area contributed by atoms with Crippen molar-refractivity contribution >= 4 is 23.4 Å². The number of allylic oxidation sites excluding steroid dienone is 1. The van der Waals surface area contributed by atoms with Crippen molar-refractivity contribution in [2.45, 2.75) is 13.8 Å². The molecule has 2 aliphatic rings. The zero-order chi connectivity index (χ0) is 16.7. The average molecular weight is 320 g/mol. The highest BCUT2D eigenvalue weighted by Gasteiger charge is 2.31. The zero-order valence-corrected chi connectivity index (χ0v) is 13.5. The van der Waals surface area contributed by atoms with Crippen LogP contribution in [0.15, 0.2) is 41.4 Å². The van der Waals surface area contributed by atoms with Gasteiger partial charge in [0.05, 0.1) is 35.0 Å². The van der Waals surface area contributed by atoms with E-state index in [1.54, 1.807) is 19.2 Å². The summed E-state index contributed by atoms with van der Waals surface area (Å²) >= 11 is 0. The third kappa shape index (κ3) is 2.11. The molecule has 24 heavy (non-hydrogen) atoms. The van der Waals surface area contributed by atoms with Gasteiger partial charge in [0, 0.05) is 17.3 Å². The maximum Gasteiger partial charge on any atom is 0.340 e. The van der Waals surface area contributed by atoms with Crippen LogP contribution in [0.1, 0.15) is 29.8 Å². The van der Waals surface area contributed by atoms with Crippen LogP contribution in [0.5, 0.6) is 0 Å². The summed E-state index contributed by atoms with van der Waals surface area (Å²) in [4.78, 5) is 27.6. The van der Waals surface area contributed by atoms with Crippen molar-refractivity contribution in [2.75, 3.05) is 18.2 Å². The number of benzene rings is 1. The third-order valence-electron chi connectivity index (χ3n) is 4.20. The van der Waals surface area contributed by atoms with E-state index in [2.05, 4.69) is 15.0 Å². The minimum atomic E-state index is -0.337. The number of ether oxygens (including phenoxy) is 1. The number of hydrogen-bond acceptors (Lipinski definition) is 6. The highest BCUT2D eigenvalue weighted by Crippen LogP contribution is 2.41. The van der Waals surface area contributed by atoms with E-state index in [9.17, 15) is 4.79 Å². The van der Waals surface area contributed by atoms with Crippen LogP contribution in [-0.4, -0.2) is 34.9 Å². The van der Waals surface area contributed by atoms with E-state index in [0.29, 0.717) is 18.8 Å². The molecule has 0 atom stereocenters. The van der Waals surface area contributed by atoms with Crippen molar-refractivity contribution in [1.82, 2.24) is 9.97 Å². The molecule has 0 N–H and O–H groups in total. The lowest BCUT2D eigenvalue weighted by Crippen LogP contribution is -2.22. The topological polar surface area (TPSA) is 67.7 Å². The number of carbonyl (C=O) groups is 1. The maximum atomic E-state index is 12.5. The predicted molar refractivity (Wildman–Crippen MR) is 91.9 cm³/mol. The lowest BCUT2D eigenvalue weighted by Gasteiger charge is -2.23. The Balaban J connectivity index is 2.02. The highest BCUT2D eigenvalue weighted by atomic mass is 16.5. The number of rotatable bonds is 2. The summed E-state index contributed by atoms with van der Waals surface area (Å²) in [6.45, 7) is 4.58. The van der Waals surface area contributed by atoms with Gasteiger partial charge in [0.1, 0.15) is 13.0 Å². The number of fused-ring (bicyclic) bond motifs is 5. The summed E-state index contributed by atoms with van der Waals surface area (Å²) < 4.78 is 5.24. The predicted octanol–water partition coefficient (Wildman–Crippen LogP) is 2.91. The van der Waals surface area contributed by atoms with E-state index in [1.807, 2.05) is 30.0 Å². The Hall–Kier alpha value is -3.02. The molecule has 120 valence electrons. The molecule has 1 aromatic carbocycles. The van der Waals surface area contributed by atoms with Crippen LogP contribution >= 0.6 is 0 Å². The second kappa shape index (κ2) is 5.56. The number of hydrogen-bond donors (Lipinski definition) is 0. The summed E-state index contributed by atoms with van der Waals surface area (Å²) in [5.74, 6) is -0.337. The molecule has 0 saturated carbocycles. The summed E-state index contributed by atoms with van der Waals surface area (Å²) in [5, 5.41) is 0. The van der Waals surface area contributed by atoms with Gasteiger partial charge in [-0.3, -0.25) is 4.99 Å². The Labute approximate surface area is 139 Å². The minimum Gasteiger partial charge on any atom is -0.462 e. The van der Waals surface area contributed by atoms with Gasteiger partial charge in [-0.05, 0) is 26.0 Å². The lowest BCUT2D eigenvalue weighted by atomic mass is 10.0. The van der Waals surface area contributed by atoms with Crippen molar-refractivity contribution in [3.8, 4) is 11.3 Å². The Morgan fingerprint density at radius 2 is 2.25 bits per heavy atom. The van der Waals surface area contributed by atoms with Crippen molar-refractivity contribution in [3.05, 3.63) is 47.5 Å². The Morgan fingerprint density at radius 3 is 3.08 bits per heavy atom. The van der Waals surface area contributed by atoms with Crippen molar-refractivity contribution in [1.29, 1.82) is 0 Å². The first-order valence-corrected chi connectivity index (χ1v) is 7.82. The van der Waals surface area contributed by atoms with Crippen molar-refractivity contribution in [3.63, 3.8) is 0 Å². The largest absolute Gasteiger partial charge is 0.462 e. The average Bonchev–Trinajstić information content (AvgIpc) is 2.88. The molecule has 0 spiro atoms. The number of aromatic nitrogens is 2. The van der Waals surface area contributed by atoms with Crippen molar-refractivity contribution < 1.29 is 9.53 Å². The van der Waals surface area contributed by atoms with Crippen molar-refractivity contribution in [2.24, 2.45) is 4.99 Å². The van der Waals surface area contributed by atoms with Gasteiger partial charge >= 0.3 is 5.97 Å². The summed E-state index contributed by atoms with van der Waals surface area (Å²) in [6.07, 6.45) is 5.33. The number of anilines is 1. The van der Waals surface area contributed by atoms with Crippen LogP contribution in [0.2, 0.25) is 0 Å². The zero-order valence-electron chi connectivity index (χ0n) is 13.5. The monoisotopic (exact) mass is 320 g/mol. The fraction of sp³-hybridized carbons (Fsp3) is 0.222. The van der Waals surface area contributed by atoms with E-state index < -0.39 is 0 Å². The first-order valence-electron chi connectivity index (χ1n) is 7.82. The van der Waals surface area contributed by atoms with Gasteiger partial charge in [-0.25, -0.2) is 14.8 Å². The van der Waals surface area contributed by atoms with Crippen LogP contribution in [-0.2, 0) is 4.74 Å². The van der Waals surface area contributed by atoms with Gasteiger partial charge in [0.2, 0.25) is 0 Å². The van der Waals surface area contributed by atoms with Crippen LogP contribution in [0.4, 0.5) is 5.69 Å². The molecule has 2 aromatic rings. The second-order valence-electron chi connectivity index (χ2n) is 5.59. The third-order valence-corrected chi connectivity index (χ3v) is 4.20. The normalized spacial score (nSPS) is 14.8. The number of aliphatic imine (C=N–C) groups is 1. The summed E-state index contributed by atoms with van der Waals surface area (Å²) in [6, 6.07) is 5.61. The smallest absolute Gasteiger partial charge is 0.340 e. The van der Waals surface area contributed by atoms with Gasteiger partial charge in [-0.2, -0.15) is 0 Å².